The van der Waals surface area contributed by atoms with Gasteiger partial charge in [0, 0.05) is 49.3 Å². The van der Waals surface area contributed by atoms with Crippen LogP contribution in [-0.4, -0.2) is 64.4 Å². The zero-order chi connectivity index (χ0) is 24.2. The molecule has 4 aromatic rings. The fourth-order valence-electron chi connectivity index (χ4n) is 5.21. The van der Waals surface area contributed by atoms with Crippen LogP contribution in [0.4, 0.5) is 0 Å². The number of para-hydroxylation sites is 1. The molecule has 1 spiro atoms. The second-order valence-corrected chi connectivity index (χ2v) is 8.96. The number of ether oxygens (including phenoxy) is 3. The first-order valence-corrected chi connectivity index (χ1v) is 11.7. The number of methoxy groups -OCH3 is 1. The van der Waals surface area contributed by atoms with Crippen molar-refractivity contribution >= 4 is 27.7 Å². The minimum atomic E-state index is -0.582. The summed E-state index contributed by atoms with van der Waals surface area (Å²) < 4.78 is 20.1. The van der Waals surface area contributed by atoms with Crippen molar-refractivity contribution in [3.8, 4) is 11.4 Å². The highest BCUT2D eigenvalue weighted by Crippen LogP contribution is 2.33. The van der Waals surface area contributed by atoms with Crippen LogP contribution in [0.25, 0.3) is 27.5 Å². The first kappa shape index (κ1) is 21.8. The predicted molar refractivity (Wildman–Crippen MR) is 130 cm³/mol. The van der Waals surface area contributed by atoms with Crippen LogP contribution in [0.3, 0.4) is 0 Å². The number of carbonyl (C=O) groups is 1. The smallest absolute Gasteiger partial charge is 0.296 e. The first-order chi connectivity index (χ1) is 17.0. The lowest BCUT2D eigenvalue weighted by Gasteiger charge is -2.37. The molecule has 6 rings (SSSR count). The van der Waals surface area contributed by atoms with Gasteiger partial charge in [0.2, 0.25) is 0 Å². The molecule has 2 aromatic heterocycles. The summed E-state index contributed by atoms with van der Waals surface area (Å²) in [5.41, 5.74) is 1.84. The Labute approximate surface area is 201 Å². The monoisotopic (exact) mass is 474 g/mol. The fourth-order valence-corrected chi connectivity index (χ4v) is 5.21. The Morgan fingerprint density at radius 3 is 2.40 bits per heavy atom. The maximum Gasteiger partial charge on any atom is 0.296 e. The molecule has 2 saturated heterocycles. The van der Waals surface area contributed by atoms with E-state index in [9.17, 15) is 9.59 Å². The number of hydrogen-bond donors (Lipinski definition) is 0. The quantitative estimate of drug-likeness (QED) is 0.454. The molecule has 0 saturated carbocycles. The second-order valence-electron chi connectivity index (χ2n) is 8.96. The van der Waals surface area contributed by atoms with Crippen molar-refractivity contribution in [2.24, 2.45) is 7.05 Å². The highest BCUT2D eigenvalue weighted by molar-refractivity contribution is 6.16. The van der Waals surface area contributed by atoms with Crippen molar-refractivity contribution < 1.29 is 19.0 Å². The Hall–Kier alpha value is -3.69. The maximum atomic E-state index is 13.9. The highest BCUT2D eigenvalue weighted by Gasteiger charge is 2.41. The van der Waals surface area contributed by atoms with E-state index in [1.807, 2.05) is 35.9 Å². The van der Waals surface area contributed by atoms with Gasteiger partial charge in [0.25, 0.3) is 11.5 Å². The summed E-state index contributed by atoms with van der Waals surface area (Å²) in [5, 5.41) is 6.06. The van der Waals surface area contributed by atoms with Gasteiger partial charge in [-0.15, -0.1) is 0 Å². The topological polar surface area (TPSA) is 87.8 Å². The maximum absolute atomic E-state index is 13.9. The molecule has 2 fully saturated rings. The third-order valence-electron chi connectivity index (χ3n) is 7.08. The normalized spacial score (nSPS) is 17.5. The van der Waals surface area contributed by atoms with E-state index < -0.39 is 5.79 Å². The van der Waals surface area contributed by atoms with Gasteiger partial charge >= 0.3 is 0 Å². The molecule has 2 aliphatic heterocycles. The van der Waals surface area contributed by atoms with Crippen LogP contribution < -0.4 is 10.3 Å². The van der Waals surface area contributed by atoms with Crippen LogP contribution in [-0.2, 0) is 16.5 Å². The second kappa shape index (κ2) is 8.21. The molecule has 1 amide bonds. The molecule has 0 bridgehead atoms. The van der Waals surface area contributed by atoms with Gasteiger partial charge in [-0.1, -0.05) is 18.2 Å². The summed E-state index contributed by atoms with van der Waals surface area (Å²) in [5.74, 6) is -0.121. The summed E-state index contributed by atoms with van der Waals surface area (Å²) in [7, 11) is 3.43. The summed E-state index contributed by atoms with van der Waals surface area (Å²) in [6.45, 7) is 2.15. The van der Waals surface area contributed by atoms with E-state index in [-0.39, 0.29) is 17.2 Å². The molecule has 0 N–H and O–H groups in total. The molecule has 0 atom stereocenters. The molecule has 4 heterocycles. The number of benzene rings is 2. The number of amides is 1. The van der Waals surface area contributed by atoms with Crippen molar-refractivity contribution in [2.45, 2.75) is 18.6 Å². The molecule has 2 aromatic carbocycles. The van der Waals surface area contributed by atoms with Gasteiger partial charge < -0.3 is 23.7 Å². The lowest BCUT2D eigenvalue weighted by Crippen LogP contribution is -2.47. The third-order valence-corrected chi connectivity index (χ3v) is 7.08. The summed E-state index contributed by atoms with van der Waals surface area (Å²) in [6.07, 6.45) is 1.21. The van der Waals surface area contributed by atoms with E-state index >= 15 is 0 Å². The Morgan fingerprint density at radius 1 is 1.03 bits per heavy atom. The number of likely N-dealkylation sites (tertiary alicyclic amines) is 1. The minimum absolute atomic E-state index is 0.207. The standard InChI is InChI=1S/C26H26N4O5/c1-28-20-6-4-3-5-19(20)21-22(24(31)29-13-11-26(12-14-29)34-15-16-35-26)27-30(25(32)23(21)28)17-7-9-18(33-2)10-8-17/h3-10H,11-16H2,1-2H3. The highest BCUT2D eigenvalue weighted by atomic mass is 16.7. The molecular weight excluding hydrogens is 448 g/mol. The lowest BCUT2D eigenvalue weighted by atomic mass is 10.0. The molecule has 0 radical (unpaired) electrons. The van der Waals surface area contributed by atoms with Crippen LogP contribution in [0.2, 0.25) is 0 Å². The van der Waals surface area contributed by atoms with Gasteiger partial charge in [0.05, 0.1) is 26.0 Å². The average Bonchev–Trinajstić information content (AvgIpc) is 3.47. The Morgan fingerprint density at radius 2 is 1.71 bits per heavy atom. The van der Waals surface area contributed by atoms with E-state index in [1.54, 1.807) is 36.3 Å². The molecule has 0 aliphatic carbocycles. The number of nitrogens with zero attached hydrogens (tertiary/aromatic N) is 4. The van der Waals surface area contributed by atoms with Crippen LogP contribution in [0.5, 0.6) is 5.75 Å². The van der Waals surface area contributed by atoms with E-state index in [4.69, 9.17) is 14.2 Å². The van der Waals surface area contributed by atoms with E-state index in [0.717, 1.165) is 10.9 Å². The number of hydrogen-bond acceptors (Lipinski definition) is 6. The van der Waals surface area contributed by atoms with Crippen LogP contribution >= 0.6 is 0 Å². The van der Waals surface area contributed by atoms with Gasteiger partial charge in [0.15, 0.2) is 11.5 Å². The Kier molecular flexibility index (Phi) is 5.12. The van der Waals surface area contributed by atoms with E-state index in [2.05, 4.69) is 5.10 Å². The van der Waals surface area contributed by atoms with Gasteiger partial charge in [-0.3, -0.25) is 9.59 Å². The van der Waals surface area contributed by atoms with Gasteiger partial charge in [-0.25, -0.2) is 0 Å². The number of aryl methyl sites for hydroxylation is 1. The van der Waals surface area contributed by atoms with Gasteiger partial charge in [-0.05, 0) is 30.3 Å². The van der Waals surface area contributed by atoms with Crippen LogP contribution in [0, 0.1) is 0 Å². The summed E-state index contributed by atoms with van der Waals surface area (Å²) >= 11 is 0. The Balaban J connectivity index is 1.51. The summed E-state index contributed by atoms with van der Waals surface area (Å²) in [4.78, 5) is 29.4. The predicted octanol–water partition coefficient (Wildman–Crippen LogP) is 2.87. The summed E-state index contributed by atoms with van der Waals surface area (Å²) in [6, 6.07) is 14.8. The Bertz CT molecular complexity index is 1490. The first-order valence-electron chi connectivity index (χ1n) is 11.7. The molecule has 35 heavy (non-hydrogen) atoms. The van der Waals surface area contributed by atoms with Crippen LogP contribution in [0.1, 0.15) is 23.3 Å². The van der Waals surface area contributed by atoms with Crippen LogP contribution in [0.15, 0.2) is 53.3 Å². The largest absolute Gasteiger partial charge is 0.497 e. The molecule has 0 unspecified atom stereocenters. The number of fused-ring (bicyclic) bond motifs is 3. The number of piperidine rings is 1. The third kappa shape index (κ3) is 3.42. The molecular formula is C26H26N4O5. The van der Waals surface area contributed by atoms with E-state index in [1.165, 1.54) is 4.68 Å². The molecule has 9 heteroatoms. The molecule has 2 aliphatic rings. The number of aromatic nitrogens is 3. The number of carbonyl (C=O) groups excluding carboxylic acids is 1. The zero-order valence-corrected chi connectivity index (χ0v) is 19.7. The van der Waals surface area contributed by atoms with Crippen molar-refractivity contribution in [1.29, 1.82) is 0 Å². The van der Waals surface area contributed by atoms with Crippen molar-refractivity contribution in [3.05, 3.63) is 64.6 Å². The van der Waals surface area contributed by atoms with Gasteiger partial charge in [0.1, 0.15) is 11.3 Å². The van der Waals surface area contributed by atoms with Crippen molar-refractivity contribution in [2.75, 3.05) is 33.4 Å². The minimum Gasteiger partial charge on any atom is -0.497 e. The molecule has 9 nitrogen and oxygen atoms in total. The fraction of sp³-hybridized carbons (Fsp3) is 0.346. The van der Waals surface area contributed by atoms with Crippen molar-refractivity contribution in [1.82, 2.24) is 19.2 Å². The van der Waals surface area contributed by atoms with Crippen molar-refractivity contribution in [3.63, 3.8) is 0 Å². The molecule has 180 valence electrons. The SMILES string of the molecule is COc1ccc(-n2nc(C(=O)N3CCC4(CC3)OCCO4)c3c4ccccc4n(C)c3c2=O)cc1. The van der Waals surface area contributed by atoms with E-state index in [0.29, 0.717) is 61.5 Å². The number of rotatable bonds is 3. The zero-order valence-electron chi connectivity index (χ0n) is 19.7. The lowest BCUT2D eigenvalue weighted by molar-refractivity contribution is -0.181. The van der Waals surface area contributed by atoms with Gasteiger partial charge in [-0.2, -0.15) is 9.78 Å². The average molecular weight is 475 g/mol.